The quantitative estimate of drug-likeness (QED) is 0.517. The van der Waals surface area contributed by atoms with Crippen LogP contribution in [0.1, 0.15) is 42.1 Å². The molecule has 2 N–H and O–H groups in total. The highest BCUT2D eigenvalue weighted by molar-refractivity contribution is 5.83. The summed E-state index contributed by atoms with van der Waals surface area (Å²) in [6.07, 6.45) is 1.89. The maximum atomic E-state index is 5.97. The third-order valence-electron chi connectivity index (χ3n) is 5.04. The third kappa shape index (κ3) is 3.84. The van der Waals surface area contributed by atoms with Crippen LogP contribution in [0.2, 0.25) is 0 Å². The van der Waals surface area contributed by atoms with Crippen molar-refractivity contribution in [1.29, 1.82) is 0 Å². The van der Waals surface area contributed by atoms with E-state index in [0.29, 0.717) is 13.1 Å². The second-order valence-electron chi connectivity index (χ2n) is 6.63. The fraction of sp³-hybridized carbons (Fsp3) is 0.429. The van der Waals surface area contributed by atoms with Crippen molar-refractivity contribution in [3.63, 3.8) is 0 Å². The van der Waals surface area contributed by atoms with Crippen molar-refractivity contribution in [1.82, 2.24) is 20.4 Å². The number of para-hydroxylation sites is 1. The topological polar surface area (TPSA) is 67.4 Å². The van der Waals surface area contributed by atoms with Crippen LogP contribution in [0, 0.1) is 6.92 Å². The van der Waals surface area contributed by atoms with Gasteiger partial charge in [0.15, 0.2) is 5.96 Å². The minimum absolute atomic E-state index is 0.592. The maximum Gasteiger partial charge on any atom is 0.191 e. The third-order valence-corrected chi connectivity index (χ3v) is 5.04. The fourth-order valence-electron chi connectivity index (χ4n) is 3.54. The number of aliphatic imine (C=N–C) groups is 1. The summed E-state index contributed by atoms with van der Waals surface area (Å²) in [5, 5.41) is 12.6. The van der Waals surface area contributed by atoms with E-state index in [1.165, 1.54) is 16.8 Å². The lowest BCUT2D eigenvalue weighted by atomic mass is 10.1. The van der Waals surface area contributed by atoms with Crippen LogP contribution in [-0.4, -0.2) is 22.8 Å². The van der Waals surface area contributed by atoms with Gasteiger partial charge in [-0.2, -0.15) is 5.10 Å². The van der Waals surface area contributed by atoms with Crippen LogP contribution in [-0.2, 0) is 33.0 Å². The molecule has 0 unspecified atom stereocenters. The summed E-state index contributed by atoms with van der Waals surface area (Å²) in [5.41, 5.74) is 5.77. The van der Waals surface area contributed by atoms with Gasteiger partial charge in [0, 0.05) is 42.8 Å². The molecule has 6 heteroatoms. The second-order valence-corrected chi connectivity index (χ2v) is 6.63. The van der Waals surface area contributed by atoms with Gasteiger partial charge in [-0.3, -0.25) is 9.67 Å². The van der Waals surface area contributed by atoms with E-state index in [-0.39, 0.29) is 0 Å². The molecule has 1 aromatic carbocycles. The monoisotopic (exact) mass is 367 g/mol. The number of aryl methyl sites for hydroxylation is 3. The first-order valence-corrected chi connectivity index (χ1v) is 9.54. The van der Waals surface area contributed by atoms with Crippen molar-refractivity contribution in [3.8, 4) is 0 Å². The average Bonchev–Trinajstić information content (AvgIpc) is 3.18. The van der Waals surface area contributed by atoms with Gasteiger partial charge >= 0.3 is 0 Å². The lowest BCUT2D eigenvalue weighted by Crippen LogP contribution is -2.36. The van der Waals surface area contributed by atoms with E-state index < -0.39 is 0 Å². The van der Waals surface area contributed by atoms with Crippen molar-refractivity contribution in [2.75, 3.05) is 7.05 Å². The highest BCUT2D eigenvalue weighted by atomic mass is 16.3. The first-order valence-electron chi connectivity index (χ1n) is 9.54. The van der Waals surface area contributed by atoms with Gasteiger partial charge < -0.3 is 15.1 Å². The molecule has 0 aliphatic heterocycles. The van der Waals surface area contributed by atoms with Crippen LogP contribution in [0.3, 0.4) is 0 Å². The Morgan fingerprint density at radius 2 is 1.89 bits per heavy atom. The van der Waals surface area contributed by atoms with Gasteiger partial charge in [-0.15, -0.1) is 0 Å². The summed E-state index contributed by atoms with van der Waals surface area (Å²) in [4.78, 5) is 4.35. The number of hydrogen-bond acceptors (Lipinski definition) is 3. The number of fused-ring (bicyclic) bond motifs is 1. The van der Waals surface area contributed by atoms with E-state index >= 15 is 0 Å². The molecule has 0 fully saturated rings. The molecule has 0 bridgehead atoms. The maximum absolute atomic E-state index is 5.97. The van der Waals surface area contributed by atoms with E-state index in [1.54, 1.807) is 7.05 Å². The lowest BCUT2D eigenvalue weighted by Gasteiger charge is -2.12. The first kappa shape index (κ1) is 19.0. The Bertz CT molecular complexity index is 951. The number of hydrogen-bond donors (Lipinski definition) is 2. The van der Waals surface area contributed by atoms with Gasteiger partial charge in [-0.05, 0) is 25.8 Å². The Balaban J connectivity index is 1.67. The minimum Gasteiger partial charge on any atom is -0.459 e. The number of rotatable bonds is 6. The molecule has 144 valence electrons. The van der Waals surface area contributed by atoms with Crippen LogP contribution in [0.25, 0.3) is 11.0 Å². The highest BCUT2D eigenvalue weighted by Gasteiger charge is 2.14. The van der Waals surface area contributed by atoms with Gasteiger partial charge in [0.1, 0.15) is 11.3 Å². The van der Waals surface area contributed by atoms with E-state index in [4.69, 9.17) is 4.42 Å². The molecule has 3 rings (SSSR count). The molecule has 3 aromatic rings. The molecule has 0 atom stereocenters. The van der Waals surface area contributed by atoms with Crippen LogP contribution in [0.5, 0.6) is 0 Å². The number of benzene rings is 1. The zero-order chi connectivity index (χ0) is 19.4. The molecule has 27 heavy (non-hydrogen) atoms. The predicted molar refractivity (Wildman–Crippen MR) is 110 cm³/mol. The second kappa shape index (κ2) is 8.29. The van der Waals surface area contributed by atoms with Crippen molar-refractivity contribution in [2.24, 2.45) is 12.0 Å². The van der Waals surface area contributed by atoms with E-state index in [2.05, 4.69) is 47.6 Å². The number of nitrogens with one attached hydrogen (secondary N) is 2. The predicted octanol–water partition coefficient (Wildman–Crippen LogP) is 3.46. The van der Waals surface area contributed by atoms with Crippen LogP contribution < -0.4 is 10.6 Å². The molecule has 0 amide bonds. The van der Waals surface area contributed by atoms with E-state index in [0.717, 1.165) is 41.2 Å². The Hall–Kier alpha value is -2.76. The number of nitrogens with zero attached hydrogens (tertiary/aromatic N) is 3. The summed E-state index contributed by atoms with van der Waals surface area (Å²) >= 11 is 0. The van der Waals surface area contributed by atoms with Crippen molar-refractivity contribution >= 4 is 16.9 Å². The van der Waals surface area contributed by atoms with Gasteiger partial charge in [-0.25, -0.2) is 0 Å². The fourth-order valence-corrected chi connectivity index (χ4v) is 3.54. The number of guanidine groups is 1. The smallest absolute Gasteiger partial charge is 0.191 e. The molecule has 0 aliphatic rings. The average molecular weight is 367 g/mol. The van der Waals surface area contributed by atoms with Crippen LogP contribution >= 0.6 is 0 Å². The highest BCUT2D eigenvalue weighted by Crippen LogP contribution is 2.24. The normalized spacial score (nSPS) is 12.0. The Labute approximate surface area is 160 Å². The molecule has 2 heterocycles. The van der Waals surface area contributed by atoms with Gasteiger partial charge in [0.05, 0.1) is 12.2 Å². The molecule has 0 spiro atoms. The molecule has 0 saturated heterocycles. The Morgan fingerprint density at radius 1 is 1.15 bits per heavy atom. The lowest BCUT2D eigenvalue weighted by molar-refractivity contribution is 0.534. The standard InChI is InChI=1S/C21H29N5O/c1-6-17-16(18(7-2)26(5)25-17)12-23-21(22-4)24-13-20-14(3)15-10-8-9-11-19(15)27-20/h8-11H,6-7,12-13H2,1-5H3,(H2,22,23,24). The van der Waals surface area contributed by atoms with Gasteiger partial charge in [0.2, 0.25) is 0 Å². The zero-order valence-electron chi connectivity index (χ0n) is 16.9. The summed E-state index contributed by atoms with van der Waals surface area (Å²) in [6.45, 7) is 7.70. The van der Waals surface area contributed by atoms with Gasteiger partial charge in [0.25, 0.3) is 0 Å². The molecule has 0 radical (unpaired) electrons. The summed E-state index contributed by atoms with van der Waals surface area (Å²) < 4.78 is 7.96. The zero-order valence-corrected chi connectivity index (χ0v) is 16.9. The summed E-state index contributed by atoms with van der Waals surface area (Å²) in [7, 11) is 3.80. The minimum atomic E-state index is 0.592. The Kier molecular flexibility index (Phi) is 5.84. The van der Waals surface area contributed by atoms with Crippen molar-refractivity contribution in [3.05, 3.63) is 52.5 Å². The molecular weight excluding hydrogens is 338 g/mol. The van der Waals surface area contributed by atoms with Crippen LogP contribution in [0.15, 0.2) is 33.7 Å². The van der Waals surface area contributed by atoms with E-state index in [1.807, 2.05) is 29.9 Å². The van der Waals surface area contributed by atoms with Gasteiger partial charge in [-0.1, -0.05) is 32.0 Å². The number of furan rings is 1. The molecular formula is C21H29N5O. The largest absolute Gasteiger partial charge is 0.459 e. The molecule has 6 nitrogen and oxygen atoms in total. The van der Waals surface area contributed by atoms with Crippen LogP contribution in [0.4, 0.5) is 0 Å². The Morgan fingerprint density at radius 3 is 2.56 bits per heavy atom. The SMILES string of the molecule is CCc1nn(C)c(CC)c1CNC(=NC)NCc1oc2ccccc2c1C. The first-order chi connectivity index (χ1) is 13.1. The molecule has 0 saturated carbocycles. The number of aromatic nitrogens is 2. The van der Waals surface area contributed by atoms with Crippen molar-refractivity contribution in [2.45, 2.75) is 46.7 Å². The summed E-state index contributed by atoms with van der Waals surface area (Å²) in [6, 6.07) is 8.12. The summed E-state index contributed by atoms with van der Waals surface area (Å²) in [5.74, 6) is 1.69. The van der Waals surface area contributed by atoms with Crippen molar-refractivity contribution < 1.29 is 4.42 Å². The van der Waals surface area contributed by atoms with E-state index in [9.17, 15) is 0 Å². The molecule has 2 aromatic heterocycles. The molecule has 0 aliphatic carbocycles.